The van der Waals surface area contributed by atoms with Crippen LogP contribution in [0.3, 0.4) is 0 Å². The van der Waals surface area contributed by atoms with E-state index in [-0.39, 0.29) is 18.2 Å². The van der Waals surface area contributed by atoms with E-state index in [0.29, 0.717) is 17.4 Å². The number of amides is 2. The van der Waals surface area contributed by atoms with Crippen LogP contribution in [-0.2, 0) is 15.0 Å². The maximum atomic E-state index is 13.7. The zero-order valence-corrected chi connectivity index (χ0v) is 16.8. The van der Waals surface area contributed by atoms with E-state index in [9.17, 15) is 9.59 Å². The molecule has 2 aliphatic heterocycles. The number of aryl methyl sites for hydroxylation is 1. The van der Waals surface area contributed by atoms with Crippen molar-refractivity contribution in [3.05, 3.63) is 70.4 Å². The van der Waals surface area contributed by atoms with Crippen LogP contribution < -0.4 is 10.2 Å². The van der Waals surface area contributed by atoms with Gasteiger partial charge in [0.15, 0.2) is 0 Å². The molecule has 0 unspecified atom stereocenters. The Kier molecular flexibility index (Phi) is 3.83. The van der Waals surface area contributed by atoms with Crippen molar-refractivity contribution < 1.29 is 9.59 Å². The first-order valence-corrected chi connectivity index (χ1v) is 9.91. The molecule has 0 saturated carbocycles. The summed E-state index contributed by atoms with van der Waals surface area (Å²) in [6.07, 6.45) is 1.77. The quantitative estimate of drug-likeness (QED) is 0.703. The number of rotatable bonds is 2. The Bertz CT molecular complexity index is 1170. The zero-order chi connectivity index (χ0) is 20.3. The predicted octanol–water partition coefficient (Wildman–Crippen LogP) is 3.83. The van der Waals surface area contributed by atoms with E-state index in [2.05, 4.69) is 10.4 Å². The highest BCUT2D eigenvalue weighted by molar-refractivity contribution is 6.30. The summed E-state index contributed by atoms with van der Waals surface area (Å²) in [7, 11) is 0. The molecular weight excluding hydrogens is 388 g/mol. The normalized spacial score (nSPS) is 20.0. The summed E-state index contributed by atoms with van der Waals surface area (Å²) in [5, 5.41) is 8.06. The number of likely N-dealkylation sites (N-methyl/N-ethyl adjacent to an activating group) is 1. The fourth-order valence-electron chi connectivity index (χ4n) is 4.50. The second-order valence-electron chi connectivity index (χ2n) is 7.50. The largest absolute Gasteiger partial charge is 0.311 e. The van der Waals surface area contributed by atoms with Gasteiger partial charge in [0, 0.05) is 29.2 Å². The molecule has 146 valence electrons. The number of benzene rings is 2. The molecule has 0 aliphatic carbocycles. The number of carbonyl (C=O) groups excluding carboxylic acids is 2. The summed E-state index contributed by atoms with van der Waals surface area (Å²) in [6.45, 7) is 4.48. The van der Waals surface area contributed by atoms with E-state index in [4.69, 9.17) is 11.6 Å². The van der Waals surface area contributed by atoms with E-state index < -0.39 is 5.41 Å². The van der Waals surface area contributed by atoms with Gasteiger partial charge < -0.3 is 10.2 Å². The number of nitrogens with one attached hydrogen (secondary N) is 1. The van der Waals surface area contributed by atoms with Crippen LogP contribution in [0.1, 0.15) is 30.0 Å². The number of nitrogens with zero attached hydrogens (tertiary/aromatic N) is 3. The minimum atomic E-state index is -1.06. The Morgan fingerprint density at radius 1 is 1.14 bits per heavy atom. The molecule has 6 nitrogen and oxygen atoms in total. The van der Waals surface area contributed by atoms with E-state index >= 15 is 0 Å². The first-order valence-electron chi connectivity index (χ1n) is 9.53. The average Bonchev–Trinajstić information content (AvgIpc) is 3.21. The van der Waals surface area contributed by atoms with Gasteiger partial charge in [-0.1, -0.05) is 29.3 Å². The van der Waals surface area contributed by atoms with Crippen LogP contribution in [0.2, 0.25) is 5.02 Å². The molecule has 2 aliphatic rings. The number of fused-ring (bicyclic) bond motifs is 4. The smallest absolute Gasteiger partial charge is 0.242 e. The topological polar surface area (TPSA) is 67.2 Å². The number of hydrogen-bond acceptors (Lipinski definition) is 3. The van der Waals surface area contributed by atoms with Crippen molar-refractivity contribution in [3.63, 3.8) is 0 Å². The monoisotopic (exact) mass is 406 g/mol. The third-order valence-electron chi connectivity index (χ3n) is 5.81. The highest BCUT2D eigenvalue weighted by Crippen LogP contribution is 2.52. The maximum absolute atomic E-state index is 13.7. The standard InChI is InChI=1S/C22H19ClN4O2/c1-3-26-18-9-4-13(2)10-16(18)22(21(26)29)11-19(28)25-20-17(22)12-24-27(20)15-7-5-14(23)6-8-15/h4-10,12H,3,11H2,1-2H3,(H,25,28)/t22-/m1/s1. The summed E-state index contributed by atoms with van der Waals surface area (Å²) >= 11 is 6.01. The van der Waals surface area contributed by atoms with Crippen molar-refractivity contribution in [1.29, 1.82) is 0 Å². The van der Waals surface area contributed by atoms with Crippen LogP contribution >= 0.6 is 11.6 Å². The van der Waals surface area contributed by atoms with Gasteiger partial charge in [0.2, 0.25) is 11.8 Å². The summed E-state index contributed by atoms with van der Waals surface area (Å²) < 4.78 is 1.65. The number of anilines is 2. The summed E-state index contributed by atoms with van der Waals surface area (Å²) in [5.74, 6) is 0.252. The van der Waals surface area contributed by atoms with E-state index in [1.807, 2.05) is 44.2 Å². The van der Waals surface area contributed by atoms with Crippen LogP contribution in [-0.4, -0.2) is 28.1 Å². The zero-order valence-electron chi connectivity index (χ0n) is 16.1. The van der Waals surface area contributed by atoms with Gasteiger partial charge in [-0.15, -0.1) is 0 Å². The van der Waals surface area contributed by atoms with Gasteiger partial charge in [0.05, 0.1) is 11.9 Å². The van der Waals surface area contributed by atoms with Crippen LogP contribution in [0.25, 0.3) is 5.69 Å². The molecule has 1 aromatic heterocycles. The van der Waals surface area contributed by atoms with E-state index in [1.165, 1.54) is 0 Å². The predicted molar refractivity (Wildman–Crippen MR) is 112 cm³/mol. The highest BCUT2D eigenvalue weighted by Gasteiger charge is 2.56. The fraction of sp³-hybridized carbons (Fsp3) is 0.227. The van der Waals surface area contributed by atoms with Crippen molar-refractivity contribution in [2.24, 2.45) is 0 Å². The van der Waals surface area contributed by atoms with Crippen molar-refractivity contribution in [3.8, 4) is 5.69 Å². The fourth-order valence-corrected chi connectivity index (χ4v) is 4.62. The van der Waals surface area contributed by atoms with E-state index in [1.54, 1.807) is 27.9 Å². The number of aromatic nitrogens is 2. The van der Waals surface area contributed by atoms with Gasteiger partial charge >= 0.3 is 0 Å². The molecule has 3 aromatic rings. The van der Waals surface area contributed by atoms with Crippen molar-refractivity contribution >= 4 is 34.9 Å². The lowest BCUT2D eigenvalue weighted by Crippen LogP contribution is -2.46. The lowest BCUT2D eigenvalue weighted by atomic mass is 9.71. The Hall–Kier alpha value is -3.12. The lowest BCUT2D eigenvalue weighted by Gasteiger charge is -2.32. The Morgan fingerprint density at radius 3 is 2.62 bits per heavy atom. The Balaban J connectivity index is 1.77. The van der Waals surface area contributed by atoms with Crippen molar-refractivity contribution in [1.82, 2.24) is 9.78 Å². The molecule has 1 spiro atoms. The van der Waals surface area contributed by atoms with Gasteiger partial charge in [-0.2, -0.15) is 5.10 Å². The van der Waals surface area contributed by atoms with Crippen molar-refractivity contribution in [2.75, 3.05) is 16.8 Å². The third-order valence-corrected chi connectivity index (χ3v) is 6.06. The molecule has 0 bridgehead atoms. The molecule has 29 heavy (non-hydrogen) atoms. The van der Waals surface area contributed by atoms with Crippen LogP contribution in [0.15, 0.2) is 48.7 Å². The average molecular weight is 407 g/mol. The highest BCUT2D eigenvalue weighted by atomic mass is 35.5. The molecule has 1 atom stereocenters. The van der Waals surface area contributed by atoms with Crippen LogP contribution in [0.5, 0.6) is 0 Å². The molecule has 0 radical (unpaired) electrons. The van der Waals surface area contributed by atoms with Crippen molar-refractivity contribution in [2.45, 2.75) is 25.7 Å². The van der Waals surface area contributed by atoms with E-state index in [0.717, 1.165) is 28.1 Å². The summed E-state index contributed by atoms with van der Waals surface area (Å²) in [4.78, 5) is 28.2. The number of halogens is 1. The second kappa shape index (κ2) is 6.19. The molecule has 2 aromatic carbocycles. The van der Waals surface area contributed by atoms with Crippen LogP contribution in [0.4, 0.5) is 11.5 Å². The van der Waals surface area contributed by atoms with Gasteiger partial charge in [-0.25, -0.2) is 4.68 Å². The van der Waals surface area contributed by atoms with Crippen LogP contribution in [0, 0.1) is 6.92 Å². The van der Waals surface area contributed by atoms with Gasteiger partial charge in [0.1, 0.15) is 11.2 Å². The van der Waals surface area contributed by atoms with Gasteiger partial charge in [0.25, 0.3) is 0 Å². The number of hydrogen-bond donors (Lipinski definition) is 1. The molecule has 1 N–H and O–H groups in total. The Labute approximate surface area is 173 Å². The summed E-state index contributed by atoms with van der Waals surface area (Å²) in [6, 6.07) is 13.2. The molecule has 3 heterocycles. The third kappa shape index (κ3) is 2.39. The molecule has 7 heteroatoms. The summed E-state index contributed by atoms with van der Waals surface area (Å²) in [5.41, 5.74) is 3.21. The van der Waals surface area contributed by atoms with Gasteiger partial charge in [-0.3, -0.25) is 9.59 Å². The SMILES string of the molecule is CCN1C(=O)[C@]2(CC(=O)Nc3c2cnn3-c2ccc(Cl)cc2)c2cc(C)ccc21. The molecule has 2 amide bonds. The lowest BCUT2D eigenvalue weighted by molar-refractivity contribution is -0.126. The molecule has 5 rings (SSSR count). The molecular formula is C22H19ClN4O2. The minimum absolute atomic E-state index is 0.0676. The Morgan fingerprint density at radius 2 is 1.90 bits per heavy atom. The molecule has 0 fully saturated rings. The minimum Gasteiger partial charge on any atom is -0.311 e. The van der Waals surface area contributed by atoms with Gasteiger partial charge in [-0.05, 0) is 49.7 Å². The first kappa shape index (κ1) is 17.9. The first-order chi connectivity index (χ1) is 14.0. The second-order valence-corrected chi connectivity index (χ2v) is 7.93. The molecule has 0 saturated heterocycles. The number of carbonyl (C=O) groups is 2. The maximum Gasteiger partial charge on any atom is 0.242 e.